The highest BCUT2D eigenvalue weighted by Crippen LogP contribution is 2.42. The number of carbonyl (C=O) groups is 2. The summed E-state index contributed by atoms with van der Waals surface area (Å²) in [6, 6.07) is 10.1. The average molecular weight is 521 g/mol. The van der Waals surface area contributed by atoms with E-state index in [1.54, 1.807) is 23.6 Å². The van der Waals surface area contributed by atoms with E-state index in [1.165, 1.54) is 4.90 Å². The lowest BCUT2D eigenvalue weighted by atomic mass is 9.96. The summed E-state index contributed by atoms with van der Waals surface area (Å²) in [5.74, 6) is -0.487. The number of ketones is 1. The maximum Gasteiger partial charge on any atom is 0.295 e. The number of hydrogen-bond acceptors (Lipinski definition) is 7. The Bertz CT molecular complexity index is 1360. The molecule has 4 rings (SSSR count). The van der Waals surface area contributed by atoms with E-state index in [2.05, 4.69) is 11.9 Å². The second kappa shape index (κ2) is 11.7. The number of unbranched alkanes of at least 4 members (excludes halogenated alkanes) is 1. The first kappa shape index (κ1) is 27.2. The van der Waals surface area contributed by atoms with E-state index in [4.69, 9.17) is 9.47 Å². The Balaban J connectivity index is 1.88. The van der Waals surface area contributed by atoms with Crippen LogP contribution in [0.25, 0.3) is 11.4 Å². The van der Waals surface area contributed by atoms with E-state index in [0.717, 1.165) is 12.8 Å². The van der Waals surface area contributed by atoms with E-state index in [-0.39, 0.29) is 11.3 Å². The van der Waals surface area contributed by atoms with Crippen molar-refractivity contribution in [3.05, 3.63) is 65.1 Å². The Kier molecular flexibility index (Phi) is 8.36. The highest BCUT2D eigenvalue weighted by molar-refractivity contribution is 6.46. The van der Waals surface area contributed by atoms with Gasteiger partial charge in [-0.3, -0.25) is 14.0 Å². The molecule has 9 heteroatoms. The van der Waals surface area contributed by atoms with E-state index >= 15 is 0 Å². The molecule has 1 atom stereocenters. The summed E-state index contributed by atoms with van der Waals surface area (Å²) in [4.78, 5) is 34.8. The SMILES string of the molecule is CCCCOc1ccc(C2/C(=C(\O)c3c(C)nc4ccccn34)C(=O)C(=O)N2CCN(C)C)cc1OCC. The van der Waals surface area contributed by atoms with Gasteiger partial charge in [0.1, 0.15) is 11.3 Å². The van der Waals surface area contributed by atoms with Gasteiger partial charge in [-0.15, -0.1) is 0 Å². The highest BCUT2D eigenvalue weighted by Gasteiger charge is 2.46. The summed E-state index contributed by atoms with van der Waals surface area (Å²) in [7, 11) is 3.81. The normalized spacial score (nSPS) is 17.1. The van der Waals surface area contributed by atoms with Crippen LogP contribution in [0.4, 0.5) is 0 Å². The van der Waals surface area contributed by atoms with Gasteiger partial charge in [-0.25, -0.2) is 4.98 Å². The molecule has 1 saturated heterocycles. The van der Waals surface area contributed by atoms with E-state index in [1.807, 2.05) is 56.3 Å². The fraction of sp³-hybridized carbons (Fsp3) is 0.414. The number of Topliss-reactive ketones (excluding diaryl/α,β-unsaturated/α-hetero) is 1. The fourth-order valence-corrected chi connectivity index (χ4v) is 4.70. The van der Waals surface area contributed by atoms with E-state index in [9.17, 15) is 14.7 Å². The third-order valence-corrected chi connectivity index (χ3v) is 6.60. The second-order valence-electron chi connectivity index (χ2n) is 9.61. The predicted octanol–water partition coefficient (Wildman–Crippen LogP) is 4.20. The molecule has 1 aliphatic rings. The minimum absolute atomic E-state index is 0.0320. The van der Waals surface area contributed by atoms with Gasteiger partial charge in [-0.05, 0) is 64.2 Å². The first-order chi connectivity index (χ1) is 18.3. The molecule has 3 heterocycles. The zero-order valence-electron chi connectivity index (χ0n) is 22.7. The predicted molar refractivity (Wildman–Crippen MR) is 146 cm³/mol. The summed E-state index contributed by atoms with van der Waals surface area (Å²) in [6.07, 6.45) is 3.69. The largest absolute Gasteiger partial charge is 0.505 e. The topological polar surface area (TPSA) is 96.6 Å². The smallest absolute Gasteiger partial charge is 0.295 e. The van der Waals surface area contributed by atoms with Crippen molar-refractivity contribution in [2.24, 2.45) is 0 Å². The van der Waals surface area contributed by atoms with Crippen LogP contribution in [0, 0.1) is 6.92 Å². The summed E-state index contributed by atoms with van der Waals surface area (Å²) >= 11 is 0. The monoisotopic (exact) mass is 520 g/mol. The van der Waals surface area contributed by atoms with Crippen molar-refractivity contribution in [3.63, 3.8) is 0 Å². The summed E-state index contributed by atoms with van der Waals surface area (Å²) in [6.45, 7) is 7.60. The van der Waals surface area contributed by atoms with Gasteiger partial charge in [-0.1, -0.05) is 25.5 Å². The molecular weight excluding hydrogens is 484 g/mol. The highest BCUT2D eigenvalue weighted by atomic mass is 16.5. The zero-order valence-corrected chi connectivity index (χ0v) is 22.7. The summed E-state index contributed by atoms with van der Waals surface area (Å²) < 4.78 is 13.6. The van der Waals surface area contributed by atoms with E-state index in [0.29, 0.717) is 60.4 Å². The van der Waals surface area contributed by atoms with Gasteiger partial charge in [0.25, 0.3) is 11.7 Å². The summed E-state index contributed by atoms with van der Waals surface area (Å²) in [5.41, 5.74) is 2.27. The fourth-order valence-electron chi connectivity index (χ4n) is 4.70. The second-order valence-corrected chi connectivity index (χ2v) is 9.61. The third kappa shape index (κ3) is 5.24. The number of aryl methyl sites for hydroxylation is 1. The maximum absolute atomic E-state index is 13.5. The Hall–Kier alpha value is -3.85. The van der Waals surface area contributed by atoms with Gasteiger partial charge in [0.2, 0.25) is 0 Å². The number of rotatable bonds is 11. The van der Waals surface area contributed by atoms with Crippen LogP contribution in [0.15, 0.2) is 48.2 Å². The molecule has 1 aromatic carbocycles. The standard InChI is InChI=1S/C29H36N4O5/c1-6-8-17-38-21-13-12-20(18-22(21)37-7-2)26-24(28(35)29(36)33(26)16-15-31(4)5)27(34)25-19(3)30-23-11-9-10-14-32(23)25/h9-14,18,26,34H,6-8,15-17H2,1-5H3/b27-24+. The van der Waals surface area contributed by atoms with Crippen LogP contribution >= 0.6 is 0 Å². The molecule has 0 aliphatic carbocycles. The molecular formula is C29H36N4O5. The lowest BCUT2D eigenvalue weighted by Gasteiger charge is -2.27. The number of likely N-dealkylation sites (N-methyl/N-ethyl adjacent to an activating group) is 1. The van der Waals surface area contributed by atoms with Gasteiger partial charge < -0.3 is 24.4 Å². The number of imidazole rings is 1. The Morgan fingerprint density at radius 1 is 1.11 bits per heavy atom. The number of aliphatic hydroxyl groups is 1. The number of aliphatic hydroxyl groups excluding tert-OH is 1. The van der Waals surface area contributed by atoms with Crippen LogP contribution in [0.3, 0.4) is 0 Å². The third-order valence-electron chi connectivity index (χ3n) is 6.60. The van der Waals surface area contributed by atoms with Crippen molar-refractivity contribution in [1.82, 2.24) is 19.2 Å². The Labute approximate surface area is 223 Å². The first-order valence-corrected chi connectivity index (χ1v) is 13.0. The lowest BCUT2D eigenvalue weighted by molar-refractivity contribution is -0.140. The molecule has 1 unspecified atom stereocenters. The molecule has 0 bridgehead atoms. The van der Waals surface area contributed by atoms with Crippen LogP contribution in [-0.2, 0) is 9.59 Å². The Morgan fingerprint density at radius 3 is 2.61 bits per heavy atom. The number of fused-ring (bicyclic) bond motifs is 1. The molecule has 1 N–H and O–H groups in total. The molecule has 0 saturated carbocycles. The minimum Gasteiger partial charge on any atom is -0.505 e. The average Bonchev–Trinajstić information content (AvgIpc) is 3.36. The number of aromatic nitrogens is 2. The molecule has 9 nitrogen and oxygen atoms in total. The van der Waals surface area contributed by atoms with Crippen molar-refractivity contribution in [1.29, 1.82) is 0 Å². The molecule has 2 aromatic heterocycles. The van der Waals surface area contributed by atoms with Gasteiger partial charge in [-0.2, -0.15) is 0 Å². The molecule has 0 radical (unpaired) electrons. The number of hydrogen-bond donors (Lipinski definition) is 1. The number of benzene rings is 1. The van der Waals surface area contributed by atoms with Crippen molar-refractivity contribution in [2.75, 3.05) is 40.4 Å². The van der Waals surface area contributed by atoms with Crippen LogP contribution < -0.4 is 9.47 Å². The van der Waals surface area contributed by atoms with Gasteiger partial charge in [0.05, 0.1) is 30.5 Å². The lowest BCUT2D eigenvalue weighted by Crippen LogP contribution is -2.35. The quantitative estimate of drug-likeness (QED) is 0.175. The van der Waals surface area contributed by atoms with Crippen LogP contribution in [0.5, 0.6) is 11.5 Å². The molecule has 1 amide bonds. The molecule has 38 heavy (non-hydrogen) atoms. The minimum atomic E-state index is -0.799. The number of ether oxygens (including phenoxy) is 2. The van der Waals surface area contributed by atoms with E-state index < -0.39 is 17.7 Å². The molecule has 1 aliphatic heterocycles. The molecule has 0 spiro atoms. The maximum atomic E-state index is 13.5. The van der Waals surface area contributed by atoms with Crippen LogP contribution in [0.2, 0.25) is 0 Å². The summed E-state index contributed by atoms with van der Waals surface area (Å²) in [5, 5.41) is 11.6. The van der Waals surface area contributed by atoms with Crippen LogP contribution in [-0.4, -0.2) is 76.4 Å². The van der Waals surface area contributed by atoms with Gasteiger partial charge in [0.15, 0.2) is 17.3 Å². The number of likely N-dealkylation sites (tertiary alicyclic amines) is 1. The Morgan fingerprint density at radius 2 is 1.89 bits per heavy atom. The van der Waals surface area contributed by atoms with Crippen molar-refractivity contribution in [2.45, 2.75) is 39.7 Å². The van der Waals surface area contributed by atoms with Crippen LogP contribution in [0.1, 0.15) is 49.7 Å². The molecule has 3 aromatic rings. The van der Waals surface area contributed by atoms with Gasteiger partial charge in [0, 0.05) is 19.3 Å². The van der Waals surface area contributed by atoms with Gasteiger partial charge >= 0.3 is 0 Å². The number of carbonyl (C=O) groups excluding carboxylic acids is 2. The number of nitrogens with zero attached hydrogens (tertiary/aromatic N) is 4. The number of pyridine rings is 1. The molecule has 1 fully saturated rings. The first-order valence-electron chi connectivity index (χ1n) is 13.0. The van der Waals surface area contributed by atoms with Crippen molar-refractivity contribution >= 4 is 23.1 Å². The van der Waals surface area contributed by atoms with Crippen molar-refractivity contribution < 1.29 is 24.2 Å². The molecule has 202 valence electrons. The zero-order chi connectivity index (χ0) is 27.4. The number of amides is 1. The van der Waals surface area contributed by atoms with Crippen molar-refractivity contribution in [3.8, 4) is 11.5 Å².